The summed E-state index contributed by atoms with van der Waals surface area (Å²) in [4.78, 5) is 3.09. The lowest BCUT2D eigenvalue weighted by Gasteiger charge is -2.10. The van der Waals surface area contributed by atoms with E-state index < -0.39 is 0 Å². The Labute approximate surface area is 98.1 Å². The normalized spacial score (nSPS) is 13.7. The summed E-state index contributed by atoms with van der Waals surface area (Å²) in [7, 11) is 2.02. The largest absolute Gasteiger partial charge is 0.339 e. The number of nitrogens with zero attached hydrogens (tertiary/aromatic N) is 1. The second-order valence-electron chi connectivity index (χ2n) is 4.49. The van der Waals surface area contributed by atoms with Gasteiger partial charge in [0.25, 0.3) is 0 Å². The fourth-order valence-electron chi connectivity index (χ4n) is 1.40. The summed E-state index contributed by atoms with van der Waals surface area (Å²) < 4.78 is 0. The van der Waals surface area contributed by atoms with Crippen LogP contribution in [-0.2, 0) is 6.42 Å². The van der Waals surface area contributed by atoms with Gasteiger partial charge in [-0.15, -0.1) is 0 Å². The van der Waals surface area contributed by atoms with E-state index in [1.54, 1.807) is 0 Å². The number of likely N-dealkylation sites (N-methyl/N-ethyl adjacent to an activating group) is 1. The Balaban J connectivity index is 0.000000245. The predicted octanol–water partition coefficient (Wildman–Crippen LogP) is 3.67. The van der Waals surface area contributed by atoms with Crippen molar-refractivity contribution in [1.82, 2.24) is 0 Å². The predicted molar refractivity (Wildman–Crippen MR) is 71.7 cm³/mol. The van der Waals surface area contributed by atoms with Crippen LogP contribution in [-0.4, -0.2) is 12.0 Å². The third-order valence-corrected chi connectivity index (χ3v) is 2.49. The molecule has 1 heterocycles. The number of hydrogen-bond acceptors (Lipinski definition) is 1. The monoisotopic (exact) mass is 221 g/mol. The molecule has 0 aromatic heterocycles. The lowest BCUT2D eigenvalue weighted by molar-refractivity contribution is 0.737. The van der Waals surface area contributed by atoms with Crippen molar-refractivity contribution in [3.05, 3.63) is 29.8 Å². The third-order valence-electron chi connectivity index (χ3n) is 2.07. The van der Waals surface area contributed by atoms with Gasteiger partial charge in [-0.05, 0) is 17.5 Å². The summed E-state index contributed by atoms with van der Waals surface area (Å²) >= 11 is 5.17. The van der Waals surface area contributed by atoms with Crippen LogP contribution >= 0.6 is 12.2 Å². The molecule has 0 bridgehead atoms. The van der Waals surface area contributed by atoms with Crippen molar-refractivity contribution >= 4 is 22.9 Å². The summed E-state index contributed by atoms with van der Waals surface area (Å²) in [6.07, 6.45) is 0.933. The lowest BCUT2D eigenvalue weighted by Crippen LogP contribution is -2.18. The molecule has 0 radical (unpaired) electrons. The molecule has 15 heavy (non-hydrogen) atoms. The minimum absolute atomic E-state index is 0.833. The third kappa shape index (κ3) is 3.31. The Morgan fingerprint density at radius 1 is 1.20 bits per heavy atom. The molecule has 1 aliphatic rings. The number of anilines is 1. The van der Waals surface area contributed by atoms with Gasteiger partial charge in [-0.1, -0.05) is 51.2 Å². The summed E-state index contributed by atoms with van der Waals surface area (Å²) in [5.74, 6) is 0.833. The number of fused-ring (bicyclic) bond motifs is 1. The fourth-order valence-corrected chi connectivity index (χ4v) is 1.66. The van der Waals surface area contributed by atoms with Gasteiger partial charge in [-0.2, -0.15) is 0 Å². The van der Waals surface area contributed by atoms with Gasteiger partial charge in [0.05, 0.1) is 4.99 Å². The molecule has 2 heteroatoms. The van der Waals surface area contributed by atoms with Gasteiger partial charge in [0.2, 0.25) is 0 Å². The first-order chi connectivity index (χ1) is 7.02. The second-order valence-corrected chi connectivity index (χ2v) is 4.96. The maximum atomic E-state index is 5.17. The van der Waals surface area contributed by atoms with E-state index in [-0.39, 0.29) is 0 Å². The maximum Gasteiger partial charge on any atom is 0.0866 e. The van der Waals surface area contributed by atoms with Crippen LogP contribution in [0.3, 0.4) is 0 Å². The minimum Gasteiger partial charge on any atom is -0.339 e. The van der Waals surface area contributed by atoms with Crippen LogP contribution < -0.4 is 4.90 Å². The zero-order valence-electron chi connectivity index (χ0n) is 9.95. The first kappa shape index (κ1) is 12.2. The highest BCUT2D eigenvalue weighted by molar-refractivity contribution is 7.80. The molecule has 0 N–H and O–H groups in total. The molecule has 0 aliphatic carbocycles. The van der Waals surface area contributed by atoms with Crippen LogP contribution in [0.2, 0.25) is 0 Å². The highest BCUT2D eigenvalue weighted by Crippen LogP contribution is 2.27. The molecule has 2 rings (SSSR count). The van der Waals surface area contributed by atoms with Gasteiger partial charge in [0.1, 0.15) is 0 Å². The molecule has 0 fully saturated rings. The van der Waals surface area contributed by atoms with Crippen LogP contribution in [0.25, 0.3) is 0 Å². The first-order valence-corrected chi connectivity index (χ1v) is 5.77. The van der Waals surface area contributed by atoms with E-state index in [9.17, 15) is 0 Å². The Bertz CT molecular complexity index is 341. The summed E-state index contributed by atoms with van der Waals surface area (Å²) in [5, 5.41) is 0. The highest BCUT2D eigenvalue weighted by atomic mass is 32.1. The fraction of sp³-hybridized carbons (Fsp3) is 0.462. The van der Waals surface area contributed by atoms with Crippen molar-refractivity contribution in [2.24, 2.45) is 5.92 Å². The smallest absolute Gasteiger partial charge is 0.0866 e. The number of hydrogen-bond donors (Lipinski definition) is 0. The molecule has 0 saturated heterocycles. The SMILES string of the molecule is CC(C)C.CN1C(=S)Cc2ccccc21. The molecule has 1 nitrogen and oxygen atoms in total. The Kier molecular flexibility index (Phi) is 4.28. The minimum atomic E-state index is 0.833. The molecule has 0 unspecified atom stereocenters. The lowest BCUT2D eigenvalue weighted by atomic mass is 10.2. The summed E-state index contributed by atoms with van der Waals surface area (Å²) in [6, 6.07) is 8.34. The number of thiocarbonyl (C=S) groups is 1. The van der Waals surface area contributed by atoms with Gasteiger partial charge < -0.3 is 4.90 Å². The van der Waals surface area contributed by atoms with Gasteiger partial charge in [0, 0.05) is 19.2 Å². The molecule has 0 atom stereocenters. The molecule has 82 valence electrons. The van der Waals surface area contributed by atoms with Gasteiger partial charge in [-0.25, -0.2) is 0 Å². The van der Waals surface area contributed by atoms with E-state index >= 15 is 0 Å². The van der Waals surface area contributed by atoms with Gasteiger partial charge in [-0.3, -0.25) is 0 Å². The average molecular weight is 221 g/mol. The zero-order chi connectivity index (χ0) is 11.4. The van der Waals surface area contributed by atoms with Crippen molar-refractivity contribution < 1.29 is 0 Å². The van der Waals surface area contributed by atoms with Crippen molar-refractivity contribution in [2.75, 3.05) is 11.9 Å². The van der Waals surface area contributed by atoms with E-state index in [2.05, 4.69) is 43.9 Å². The quantitative estimate of drug-likeness (QED) is 0.615. The molecular weight excluding hydrogens is 202 g/mol. The Morgan fingerprint density at radius 3 is 2.27 bits per heavy atom. The topological polar surface area (TPSA) is 3.24 Å². The van der Waals surface area contributed by atoms with Crippen molar-refractivity contribution in [2.45, 2.75) is 27.2 Å². The molecule has 1 aromatic carbocycles. The van der Waals surface area contributed by atoms with E-state index in [1.165, 1.54) is 11.3 Å². The van der Waals surface area contributed by atoms with Gasteiger partial charge in [0.15, 0.2) is 0 Å². The molecule has 0 saturated carbocycles. The zero-order valence-corrected chi connectivity index (χ0v) is 10.8. The number of benzene rings is 1. The molecule has 0 spiro atoms. The number of para-hydroxylation sites is 1. The molecule has 1 aliphatic heterocycles. The van der Waals surface area contributed by atoms with E-state index in [1.807, 2.05) is 13.1 Å². The van der Waals surface area contributed by atoms with Crippen molar-refractivity contribution in [1.29, 1.82) is 0 Å². The Hall–Kier alpha value is -0.890. The van der Waals surface area contributed by atoms with Crippen LogP contribution in [0.15, 0.2) is 24.3 Å². The van der Waals surface area contributed by atoms with Crippen molar-refractivity contribution in [3.8, 4) is 0 Å². The summed E-state index contributed by atoms with van der Waals surface area (Å²) in [6.45, 7) is 6.50. The highest BCUT2D eigenvalue weighted by Gasteiger charge is 2.18. The van der Waals surface area contributed by atoms with E-state index in [4.69, 9.17) is 12.2 Å². The molecule has 0 amide bonds. The Morgan fingerprint density at radius 2 is 1.73 bits per heavy atom. The first-order valence-electron chi connectivity index (χ1n) is 5.37. The average Bonchev–Trinajstić information content (AvgIpc) is 2.43. The van der Waals surface area contributed by atoms with Crippen LogP contribution in [0.1, 0.15) is 26.3 Å². The van der Waals surface area contributed by atoms with Crippen LogP contribution in [0.4, 0.5) is 5.69 Å². The maximum absolute atomic E-state index is 5.17. The van der Waals surface area contributed by atoms with E-state index in [0.29, 0.717) is 0 Å². The molecule has 1 aromatic rings. The van der Waals surface area contributed by atoms with Crippen molar-refractivity contribution in [3.63, 3.8) is 0 Å². The van der Waals surface area contributed by atoms with E-state index in [0.717, 1.165) is 17.3 Å². The second kappa shape index (κ2) is 5.26. The van der Waals surface area contributed by atoms with Crippen LogP contribution in [0, 0.1) is 5.92 Å². The molecular formula is C13H19NS. The summed E-state index contributed by atoms with van der Waals surface area (Å²) in [5.41, 5.74) is 2.61. The van der Waals surface area contributed by atoms with Gasteiger partial charge >= 0.3 is 0 Å². The standard InChI is InChI=1S/C9H9NS.C4H10/c1-10-8-5-3-2-4-7(8)6-9(10)11;1-4(2)3/h2-5H,6H2,1H3;4H,1-3H3. The van der Waals surface area contributed by atoms with Crippen LogP contribution in [0.5, 0.6) is 0 Å². The number of rotatable bonds is 0.